The van der Waals surface area contributed by atoms with Gasteiger partial charge in [0, 0.05) is 36.7 Å². The lowest BCUT2D eigenvalue weighted by Gasteiger charge is -2.19. The minimum atomic E-state index is 0.0570. The van der Waals surface area contributed by atoms with Crippen molar-refractivity contribution < 1.29 is 4.79 Å². The minimum Gasteiger partial charge on any atom is -0.307 e. The first-order valence-electron chi connectivity index (χ1n) is 7.73. The van der Waals surface area contributed by atoms with Gasteiger partial charge in [-0.1, -0.05) is 13.3 Å². The summed E-state index contributed by atoms with van der Waals surface area (Å²) in [4.78, 5) is 17.9. The number of aromatic nitrogens is 1. The molecule has 4 nitrogen and oxygen atoms in total. The molecule has 1 N–H and O–H groups in total. The van der Waals surface area contributed by atoms with Gasteiger partial charge in [0.2, 0.25) is 5.91 Å². The van der Waals surface area contributed by atoms with Crippen molar-refractivity contribution in [2.45, 2.75) is 57.9 Å². The SMILES string of the molecule is CCSC1CCCC1NCc1csc(N(CC)C(C)=O)n1. The van der Waals surface area contributed by atoms with Crippen molar-refractivity contribution in [1.29, 1.82) is 0 Å². The Bertz CT molecular complexity index is 464. The van der Waals surface area contributed by atoms with Crippen LogP contribution in [0.5, 0.6) is 0 Å². The predicted molar refractivity (Wildman–Crippen MR) is 92.2 cm³/mol. The Morgan fingerprint density at radius 1 is 1.52 bits per heavy atom. The summed E-state index contributed by atoms with van der Waals surface area (Å²) < 4.78 is 0. The van der Waals surface area contributed by atoms with Gasteiger partial charge in [-0.3, -0.25) is 9.69 Å². The van der Waals surface area contributed by atoms with Crippen molar-refractivity contribution in [2.24, 2.45) is 0 Å². The maximum absolute atomic E-state index is 11.5. The van der Waals surface area contributed by atoms with Crippen molar-refractivity contribution in [2.75, 3.05) is 17.2 Å². The molecule has 0 saturated heterocycles. The van der Waals surface area contributed by atoms with Crippen LogP contribution < -0.4 is 10.2 Å². The fraction of sp³-hybridized carbons (Fsp3) is 0.733. The molecule has 1 aliphatic carbocycles. The van der Waals surface area contributed by atoms with Crippen molar-refractivity contribution in [1.82, 2.24) is 10.3 Å². The molecule has 1 heterocycles. The van der Waals surface area contributed by atoms with Crippen LogP contribution >= 0.6 is 23.1 Å². The van der Waals surface area contributed by atoms with Crippen molar-refractivity contribution in [3.05, 3.63) is 11.1 Å². The van der Waals surface area contributed by atoms with E-state index >= 15 is 0 Å². The van der Waals surface area contributed by atoms with Crippen LogP contribution in [0.2, 0.25) is 0 Å². The quantitative estimate of drug-likeness (QED) is 0.835. The molecule has 21 heavy (non-hydrogen) atoms. The topological polar surface area (TPSA) is 45.2 Å². The molecular weight excluding hydrogens is 302 g/mol. The highest BCUT2D eigenvalue weighted by Crippen LogP contribution is 2.30. The second kappa shape index (κ2) is 8.15. The number of amides is 1. The molecule has 0 radical (unpaired) electrons. The van der Waals surface area contributed by atoms with Gasteiger partial charge < -0.3 is 5.32 Å². The highest BCUT2D eigenvalue weighted by Gasteiger charge is 2.26. The lowest BCUT2D eigenvalue weighted by molar-refractivity contribution is -0.116. The van der Waals surface area contributed by atoms with Crippen LogP contribution in [0, 0.1) is 0 Å². The fourth-order valence-corrected chi connectivity index (χ4v) is 4.96. The third-order valence-electron chi connectivity index (χ3n) is 3.85. The molecule has 0 spiro atoms. The molecule has 0 aromatic carbocycles. The highest BCUT2D eigenvalue weighted by molar-refractivity contribution is 7.99. The molecule has 2 atom stereocenters. The largest absolute Gasteiger partial charge is 0.307 e. The van der Waals surface area contributed by atoms with E-state index < -0.39 is 0 Å². The molecular formula is C15H25N3OS2. The van der Waals surface area contributed by atoms with Gasteiger partial charge in [-0.15, -0.1) is 11.3 Å². The zero-order valence-electron chi connectivity index (χ0n) is 13.1. The van der Waals surface area contributed by atoms with E-state index in [9.17, 15) is 4.79 Å². The molecule has 1 aromatic heterocycles. The van der Waals surface area contributed by atoms with E-state index in [0.29, 0.717) is 12.6 Å². The Labute approximate surface area is 135 Å². The second-order valence-corrected chi connectivity index (χ2v) is 7.65. The maximum atomic E-state index is 11.5. The van der Waals surface area contributed by atoms with Gasteiger partial charge in [0.25, 0.3) is 0 Å². The number of nitrogens with zero attached hydrogens (tertiary/aromatic N) is 2. The Kier molecular flexibility index (Phi) is 6.51. The van der Waals surface area contributed by atoms with E-state index in [1.165, 1.54) is 25.0 Å². The number of anilines is 1. The number of carbonyl (C=O) groups excluding carboxylic acids is 1. The number of thiazole rings is 1. The fourth-order valence-electron chi connectivity index (χ4n) is 2.80. The molecule has 1 saturated carbocycles. The summed E-state index contributed by atoms with van der Waals surface area (Å²) >= 11 is 3.62. The lowest BCUT2D eigenvalue weighted by Crippen LogP contribution is -2.34. The first-order valence-corrected chi connectivity index (χ1v) is 9.66. The van der Waals surface area contributed by atoms with Gasteiger partial charge in [0.05, 0.1) is 5.69 Å². The monoisotopic (exact) mass is 327 g/mol. The van der Waals surface area contributed by atoms with E-state index in [4.69, 9.17) is 0 Å². The van der Waals surface area contributed by atoms with E-state index in [-0.39, 0.29) is 5.91 Å². The number of carbonyl (C=O) groups is 1. The minimum absolute atomic E-state index is 0.0570. The first kappa shape index (κ1) is 16.8. The molecule has 6 heteroatoms. The van der Waals surface area contributed by atoms with Crippen molar-refractivity contribution in [3.8, 4) is 0 Å². The zero-order chi connectivity index (χ0) is 15.2. The smallest absolute Gasteiger partial charge is 0.225 e. The molecule has 1 aliphatic rings. The lowest BCUT2D eigenvalue weighted by atomic mass is 10.2. The van der Waals surface area contributed by atoms with Gasteiger partial charge in [0.15, 0.2) is 5.13 Å². The van der Waals surface area contributed by atoms with Crippen LogP contribution in [0.15, 0.2) is 5.38 Å². The number of rotatable bonds is 7. The third-order valence-corrected chi connectivity index (χ3v) is 6.08. The molecule has 1 amide bonds. The van der Waals surface area contributed by atoms with Crippen LogP contribution in [-0.4, -0.2) is 34.5 Å². The van der Waals surface area contributed by atoms with Gasteiger partial charge >= 0.3 is 0 Å². The summed E-state index contributed by atoms with van der Waals surface area (Å²) in [6.07, 6.45) is 3.92. The predicted octanol–water partition coefficient (Wildman–Crippen LogP) is 3.28. The van der Waals surface area contributed by atoms with Gasteiger partial charge in [-0.25, -0.2) is 4.98 Å². The molecule has 0 bridgehead atoms. The number of nitrogens with one attached hydrogen (secondary N) is 1. The Morgan fingerprint density at radius 2 is 2.33 bits per heavy atom. The Balaban J connectivity index is 1.89. The van der Waals surface area contributed by atoms with Crippen LogP contribution in [0.1, 0.15) is 45.7 Å². The Morgan fingerprint density at radius 3 is 3.00 bits per heavy atom. The second-order valence-electron chi connectivity index (χ2n) is 5.30. The summed E-state index contributed by atoms with van der Waals surface area (Å²) in [6.45, 7) is 7.28. The molecule has 118 valence electrons. The maximum Gasteiger partial charge on any atom is 0.225 e. The summed E-state index contributed by atoms with van der Waals surface area (Å²) in [6, 6.07) is 0.607. The third kappa shape index (κ3) is 4.44. The zero-order valence-corrected chi connectivity index (χ0v) is 14.7. The molecule has 2 rings (SSSR count). The molecule has 1 aromatic rings. The normalized spacial score (nSPS) is 21.7. The van der Waals surface area contributed by atoms with Crippen LogP contribution in [0.4, 0.5) is 5.13 Å². The van der Waals surface area contributed by atoms with Gasteiger partial charge in [-0.2, -0.15) is 11.8 Å². The molecule has 2 unspecified atom stereocenters. The van der Waals surface area contributed by atoms with Gasteiger partial charge in [0.1, 0.15) is 0 Å². The molecule has 0 aliphatic heterocycles. The molecule has 1 fully saturated rings. The highest BCUT2D eigenvalue weighted by atomic mass is 32.2. The average Bonchev–Trinajstić information content (AvgIpc) is 3.07. The number of thioether (sulfide) groups is 1. The van der Waals surface area contributed by atoms with Gasteiger partial charge in [-0.05, 0) is 25.5 Å². The Hall–Kier alpha value is -0.590. The van der Waals surface area contributed by atoms with E-state index in [1.807, 2.05) is 6.92 Å². The van der Waals surface area contributed by atoms with E-state index in [1.54, 1.807) is 23.2 Å². The summed E-state index contributed by atoms with van der Waals surface area (Å²) in [5.74, 6) is 1.25. The van der Waals surface area contributed by atoms with Crippen molar-refractivity contribution in [3.63, 3.8) is 0 Å². The first-order chi connectivity index (χ1) is 10.2. The standard InChI is InChI=1S/C15H25N3OS2/c1-4-18(11(3)19)15-17-12(10-21-15)9-16-13-7-6-8-14(13)20-5-2/h10,13-14,16H,4-9H2,1-3H3. The summed E-state index contributed by atoms with van der Waals surface area (Å²) in [5.41, 5.74) is 1.04. The summed E-state index contributed by atoms with van der Waals surface area (Å²) in [5, 5.41) is 7.27. The average molecular weight is 328 g/mol. The van der Waals surface area contributed by atoms with Crippen LogP contribution in [0.3, 0.4) is 0 Å². The van der Waals surface area contributed by atoms with E-state index in [0.717, 1.165) is 22.6 Å². The van der Waals surface area contributed by atoms with Crippen molar-refractivity contribution >= 4 is 34.1 Å². The number of hydrogen-bond acceptors (Lipinski definition) is 5. The summed E-state index contributed by atoms with van der Waals surface area (Å²) in [7, 11) is 0. The van der Waals surface area contributed by atoms with E-state index in [2.05, 4.69) is 34.4 Å². The van der Waals surface area contributed by atoms with Crippen LogP contribution in [0.25, 0.3) is 0 Å². The van der Waals surface area contributed by atoms with Crippen LogP contribution in [-0.2, 0) is 11.3 Å². The number of hydrogen-bond donors (Lipinski definition) is 1.